The van der Waals surface area contributed by atoms with Crippen molar-refractivity contribution in [1.29, 1.82) is 0 Å². The highest BCUT2D eigenvalue weighted by Crippen LogP contribution is 2.27. The Morgan fingerprint density at radius 1 is 1.53 bits per heavy atom. The van der Waals surface area contributed by atoms with E-state index in [1.165, 1.54) is 11.3 Å². The van der Waals surface area contributed by atoms with Gasteiger partial charge < -0.3 is 15.8 Å². The van der Waals surface area contributed by atoms with Crippen molar-refractivity contribution < 1.29 is 9.53 Å². The molecule has 1 aromatic heterocycles. The van der Waals surface area contributed by atoms with Gasteiger partial charge in [0.25, 0.3) is 0 Å². The fraction of sp³-hybridized carbons (Fsp3) is 0.231. The maximum Gasteiger partial charge on any atom is 0.227 e. The summed E-state index contributed by atoms with van der Waals surface area (Å²) in [6.07, 6.45) is 0.300. The minimum Gasteiger partial charge on any atom is -0.497 e. The van der Waals surface area contributed by atoms with Gasteiger partial charge in [-0.25, -0.2) is 4.98 Å². The quantitative estimate of drug-likeness (QED) is 0.877. The lowest BCUT2D eigenvalue weighted by Crippen LogP contribution is -2.15. The van der Waals surface area contributed by atoms with E-state index in [4.69, 9.17) is 10.5 Å². The predicted molar refractivity (Wildman–Crippen MR) is 76.4 cm³/mol. The molecule has 0 saturated carbocycles. The van der Waals surface area contributed by atoms with Gasteiger partial charge >= 0.3 is 0 Å². The maximum absolute atomic E-state index is 11.4. The van der Waals surface area contributed by atoms with Gasteiger partial charge in [-0.15, -0.1) is 11.3 Å². The smallest absolute Gasteiger partial charge is 0.227 e. The summed E-state index contributed by atoms with van der Waals surface area (Å²) in [7, 11) is 1.62. The van der Waals surface area contributed by atoms with Crippen molar-refractivity contribution in [3.05, 3.63) is 29.6 Å². The van der Waals surface area contributed by atoms with Gasteiger partial charge in [0.2, 0.25) is 5.91 Å². The summed E-state index contributed by atoms with van der Waals surface area (Å²) in [4.78, 5) is 15.8. The van der Waals surface area contributed by atoms with Crippen LogP contribution in [0.3, 0.4) is 0 Å². The Bertz CT molecular complexity index is 569. The van der Waals surface area contributed by atoms with E-state index >= 15 is 0 Å². The number of thiazole rings is 1. The number of nitrogens with one attached hydrogen (secondary N) is 1. The Morgan fingerprint density at radius 2 is 2.37 bits per heavy atom. The van der Waals surface area contributed by atoms with Gasteiger partial charge in [0.15, 0.2) is 5.13 Å². The van der Waals surface area contributed by atoms with Gasteiger partial charge in [0, 0.05) is 23.9 Å². The van der Waals surface area contributed by atoms with Crippen LogP contribution < -0.4 is 15.8 Å². The third-order valence-electron chi connectivity index (χ3n) is 2.49. The molecule has 6 heteroatoms. The normalized spacial score (nSPS) is 10.2. The average molecular weight is 277 g/mol. The molecule has 0 aliphatic carbocycles. The second-order valence-electron chi connectivity index (χ2n) is 3.86. The highest BCUT2D eigenvalue weighted by Gasteiger charge is 2.08. The van der Waals surface area contributed by atoms with Crippen LogP contribution in [0.25, 0.3) is 11.3 Å². The van der Waals surface area contributed by atoms with E-state index in [0.29, 0.717) is 18.1 Å². The zero-order chi connectivity index (χ0) is 13.7. The Balaban J connectivity index is 2.13. The van der Waals surface area contributed by atoms with Crippen LogP contribution in [0.2, 0.25) is 0 Å². The SMILES string of the molecule is COc1cccc(-c2csc(NC(=O)CCN)n2)c1. The summed E-state index contributed by atoms with van der Waals surface area (Å²) in [5.74, 6) is 0.660. The number of rotatable bonds is 5. The number of amides is 1. The highest BCUT2D eigenvalue weighted by atomic mass is 32.1. The second-order valence-corrected chi connectivity index (χ2v) is 4.71. The summed E-state index contributed by atoms with van der Waals surface area (Å²) in [6, 6.07) is 7.63. The van der Waals surface area contributed by atoms with Crippen LogP contribution in [0.15, 0.2) is 29.6 Å². The average Bonchev–Trinajstić information content (AvgIpc) is 2.87. The molecular weight excluding hydrogens is 262 g/mol. The first-order valence-corrected chi connectivity index (χ1v) is 6.71. The molecule has 3 N–H and O–H groups in total. The van der Waals surface area contributed by atoms with Crippen molar-refractivity contribution in [2.75, 3.05) is 19.0 Å². The number of hydrogen-bond acceptors (Lipinski definition) is 5. The Hall–Kier alpha value is -1.92. The van der Waals surface area contributed by atoms with Crippen molar-refractivity contribution >= 4 is 22.4 Å². The first-order valence-electron chi connectivity index (χ1n) is 5.83. The number of benzene rings is 1. The topological polar surface area (TPSA) is 77.2 Å². The van der Waals surface area contributed by atoms with Crippen molar-refractivity contribution in [2.45, 2.75) is 6.42 Å². The zero-order valence-electron chi connectivity index (χ0n) is 10.6. The molecule has 0 saturated heterocycles. The van der Waals surface area contributed by atoms with E-state index < -0.39 is 0 Å². The van der Waals surface area contributed by atoms with Gasteiger partial charge in [-0.05, 0) is 12.1 Å². The molecule has 0 spiro atoms. The van der Waals surface area contributed by atoms with Crippen molar-refractivity contribution in [3.8, 4) is 17.0 Å². The van der Waals surface area contributed by atoms with Crippen LogP contribution in [-0.4, -0.2) is 24.5 Å². The number of methoxy groups -OCH3 is 1. The first kappa shape index (κ1) is 13.5. The molecule has 0 atom stereocenters. The zero-order valence-corrected chi connectivity index (χ0v) is 11.4. The molecule has 0 radical (unpaired) electrons. The molecule has 1 amide bonds. The fourth-order valence-electron chi connectivity index (χ4n) is 1.56. The predicted octanol–water partition coefficient (Wildman–Crippen LogP) is 2.11. The van der Waals surface area contributed by atoms with Crippen LogP contribution >= 0.6 is 11.3 Å². The maximum atomic E-state index is 11.4. The third-order valence-corrected chi connectivity index (χ3v) is 3.25. The number of aromatic nitrogens is 1. The largest absolute Gasteiger partial charge is 0.497 e. The number of carbonyl (C=O) groups excluding carboxylic acids is 1. The second kappa shape index (κ2) is 6.31. The molecular formula is C13H15N3O2S. The van der Waals surface area contributed by atoms with E-state index in [-0.39, 0.29) is 5.91 Å². The Morgan fingerprint density at radius 3 is 3.11 bits per heavy atom. The van der Waals surface area contributed by atoms with Crippen molar-refractivity contribution in [2.24, 2.45) is 5.73 Å². The number of carbonyl (C=O) groups is 1. The van der Waals surface area contributed by atoms with Crippen molar-refractivity contribution in [1.82, 2.24) is 4.98 Å². The van der Waals surface area contributed by atoms with E-state index in [1.54, 1.807) is 7.11 Å². The number of anilines is 1. The van der Waals surface area contributed by atoms with Gasteiger partial charge in [-0.3, -0.25) is 4.79 Å². The molecule has 0 unspecified atom stereocenters. The molecule has 1 aromatic carbocycles. The van der Waals surface area contributed by atoms with Gasteiger partial charge in [0.05, 0.1) is 12.8 Å². The molecule has 5 nitrogen and oxygen atoms in total. The molecule has 0 aliphatic rings. The lowest BCUT2D eigenvalue weighted by atomic mass is 10.2. The van der Waals surface area contributed by atoms with E-state index in [1.807, 2.05) is 29.6 Å². The van der Waals surface area contributed by atoms with Gasteiger partial charge in [-0.1, -0.05) is 12.1 Å². The summed E-state index contributed by atoms with van der Waals surface area (Å²) in [6.45, 7) is 0.333. The summed E-state index contributed by atoms with van der Waals surface area (Å²) >= 11 is 1.39. The Kier molecular flexibility index (Phi) is 4.48. The molecule has 2 rings (SSSR count). The number of hydrogen-bond donors (Lipinski definition) is 2. The lowest BCUT2D eigenvalue weighted by molar-refractivity contribution is -0.116. The van der Waals surface area contributed by atoms with Gasteiger partial charge in [-0.2, -0.15) is 0 Å². The van der Waals surface area contributed by atoms with E-state index in [2.05, 4.69) is 10.3 Å². The first-order chi connectivity index (χ1) is 9.22. The minimum atomic E-state index is -0.117. The van der Waals surface area contributed by atoms with Crippen LogP contribution in [0.5, 0.6) is 5.75 Å². The molecule has 0 fully saturated rings. The lowest BCUT2D eigenvalue weighted by Gasteiger charge is -2.01. The standard InChI is InChI=1S/C13H15N3O2S/c1-18-10-4-2-3-9(7-10)11-8-19-13(15-11)16-12(17)5-6-14/h2-4,7-8H,5-6,14H2,1H3,(H,15,16,17). The van der Waals surface area contributed by atoms with Crippen LogP contribution in [-0.2, 0) is 4.79 Å². The molecule has 2 aromatic rings. The molecule has 0 aliphatic heterocycles. The molecule has 1 heterocycles. The molecule has 19 heavy (non-hydrogen) atoms. The third kappa shape index (κ3) is 3.52. The number of nitrogens with zero attached hydrogens (tertiary/aromatic N) is 1. The van der Waals surface area contributed by atoms with Crippen LogP contribution in [0.4, 0.5) is 5.13 Å². The monoisotopic (exact) mass is 277 g/mol. The number of nitrogens with two attached hydrogens (primary N) is 1. The van der Waals surface area contributed by atoms with E-state index in [9.17, 15) is 4.79 Å². The molecule has 0 bridgehead atoms. The summed E-state index contributed by atoms with van der Waals surface area (Å²) in [5, 5.41) is 5.19. The summed E-state index contributed by atoms with van der Waals surface area (Å²) in [5.41, 5.74) is 7.09. The Labute approximate surface area is 115 Å². The van der Waals surface area contributed by atoms with Gasteiger partial charge in [0.1, 0.15) is 5.75 Å². The summed E-state index contributed by atoms with van der Waals surface area (Å²) < 4.78 is 5.17. The molecule has 100 valence electrons. The minimum absolute atomic E-state index is 0.117. The highest BCUT2D eigenvalue weighted by molar-refractivity contribution is 7.14. The fourth-order valence-corrected chi connectivity index (χ4v) is 2.29. The van der Waals surface area contributed by atoms with Crippen LogP contribution in [0.1, 0.15) is 6.42 Å². The van der Waals surface area contributed by atoms with Crippen molar-refractivity contribution in [3.63, 3.8) is 0 Å². The van der Waals surface area contributed by atoms with E-state index in [0.717, 1.165) is 17.0 Å². The number of ether oxygens (including phenoxy) is 1. The van der Waals surface area contributed by atoms with Crippen LogP contribution in [0, 0.1) is 0 Å².